The van der Waals surface area contributed by atoms with E-state index < -0.39 is 6.04 Å². The Hall–Kier alpha value is -2.14. The Bertz CT molecular complexity index is 597. The average molecular weight is 300 g/mol. The van der Waals surface area contributed by atoms with Crippen molar-refractivity contribution >= 4 is 5.91 Å². The third kappa shape index (κ3) is 4.43. The largest absolute Gasteiger partial charge is 0.351 e. The highest BCUT2D eigenvalue weighted by Gasteiger charge is 2.26. The van der Waals surface area contributed by atoms with Crippen LogP contribution in [0.1, 0.15) is 31.9 Å². The van der Waals surface area contributed by atoms with Gasteiger partial charge in [-0.05, 0) is 16.5 Å². The van der Waals surface area contributed by atoms with Crippen molar-refractivity contribution in [1.82, 2.24) is 14.9 Å². The maximum Gasteiger partial charge on any atom is 0.237 e. The lowest BCUT2D eigenvalue weighted by atomic mass is 9.87. The lowest BCUT2D eigenvalue weighted by molar-refractivity contribution is -0.124. The smallest absolute Gasteiger partial charge is 0.237 e. The van der Waals surface area contributed by atoms with Crippen LogP contribution in [0.3, 0.4) is 0 Å². The number of nitrogens with zero attached hydrogens (tertiary/aromatic N) is 2. The van der Waals surface area contributed by atoms with Crippen LogP contribution in [0.2, 0.25) is 0 Å². The first kappa shape index (κ1) is 16.2. The summed E-state index contributed by atoms with van der Waals surface area (Å²) in [7, 11) is 0. The topological polar surface area (TPSA) is 72.9 Å². The molecule has 1 aromatic heterocycles. The number of hydrogen-bond acceptors (Lipinski definition) is 3. The zero-order valence-corrected chi connectivity index (χ0v) is 13.4. The minimum absolute atomic E-state index is 0.116. The van der Waals surface area contributed by atoms with E-state index in [0.29, 0.717) is 6.54 Å². The molecule has 0 saturated carbocycles. The van der Waals surface area contributed by atoms with Crippen LogP contribution >= 0.6 is 0 Å². The van der Waals surface area contributed by atoms with E-state index in [9.17, 15) is 4.79 Å². The summed E-state index contributed by atoms with van der Waals surface area (Å²) in [6.07, 6.45) is 5.49. The molecule has 0 fully saturated rings. The number of aromatic nitrogens is 2. The maximum atomic E-state index is 12.0. The molecule has 0 saturated heterocycles. The van der Waals surface area contributed by atoms with E-state index in [-0.39, 0.29) is 11.3 Å². The zero-order valence-electron chi connectivity index (χ0n) is 13.4. The predicted octanol–water partition coefficient (Wildman–Crippen LogP) is 1.92. The maximum absolute atomic E-state index is 12.0. The van der Waals surface area contributed by atoms with Crippen molar-refractivity contribution in [3.05, 3.63) is 54.1 Å². The molecule has 0 aliphatic rings. The van der Waals surface area contributed by atoms with Gasteiger partial charge in [-0.1, -0.05) is 45.0 Å². The molecule has 0 unspecified atom stereocenters. The summed E-state index contributed by atoms with van der Waals surface area (Å²) in [6.45, 7) is 7.17. The Morgan fingerprint density at radius 2 is 1.91 bits per heavy atom. The third-order valence-electron chi connectivity index (χ3n) is 3.63. The molecule has 0 spiro atoms. The number of rotatable bonds is 5. The second kappa shape index (κ2) is 6.75. The van der Waals surface area contributed by atoms with Crippen LogP contribution in [-0.4, -0.2) is 21.5 Å². The summed E-state index contributed by atoms with van der Waals surface area (Å²) < 4.78 is 2.01. The fourth-order valence-electron chi connectivity index (χ4n) is 2.05. The second-order valence-corrected chi connectivity index (χ2v) is 6.61. The first-order valence-electron chi connectivity index (χ1n) is 7.43. The average Bonchev–Trinajstić information content (AvgIpc) is 2.97. The molecule has 0 aliphatic heterocycles. The molecule has 1 aromatic carbocycles. The Morgan fingerprint density at radius 1 is 1.27 bits per heavy atom. The minimum atomic E-state index is -0.506. The van der Waals surface area contributed by atoms with Crippen molar-refractivity contribution in [2.24, 2.45) is 11.1 Å². The Morgan fingerprint density at radius 3 is 2.45 bits per heavy atom. The standard InChI is InChI=1S/C17H24N4O/c1-17(2,3)15(18)16(22)20-10-13-4-6-14(7-5-13)11-21-9-8-19-12-21/h4-9,12,15H,10-11,18H2,1-3H3,(H,20,22)/t15-/m1/s1. The third-order valence-corrected chi connectivity index (χ3v) is 3.63. The van der Waals surface area contributed by atoms with Gasteiger partial charge in [0.25, 0.3) is 0 Å². The van der Waals surface area contributed by atoms with Crippen LogP contribution in [0, 0.1) is 5.41 Å². The molecule has 118 valence electrons. The number of nitrogens with two attached hydrogens (primary N) is 1. The highest BCUT2D eigenvalue weighted by atomic mass is 16.2. The van der Waals surface area contributed by atoms with Gasteiger partial charge in [0.15, 0.2) is 0 Å². The quantitative estimate of drug-likeness (QED) is 0.886. The second-order valence-electron chi connectivity index (χ2n) is 6.61. The summed E-state index contributed by atoms with van der Waals surface area (Å²) in [4.78, 5) is 16.0. The van der Waals surface area contributed by atoms with Gasteiger partial charge in [-0.15, -0.1) is 0 Å². The summed E-state index contributed by atoms with van der Waals surface area (Å²) in [5.41, 5.74) is 7.95. The van der Waals surface area contributed by atoms with Crippen molar-refractivity contribution in [1.29, 1.82) is 0 Å². The van der Waals surface area contributed by atoms with Crippen LogP contribution in [0.25, 0.3) is 0 Å². The van der Waals surface area contributed by atoms with E-state index in [4.69, 9.17) is 5.73 Å². The van der Waals surface area contributed by atoms with E-state index in [2.05, 4.69) is 22.4 Å². The molecule has 2 rings (SSSR count). The number of nitrogens with one attached hydrogen (secondary N) is 1. The van der Waals surface area contributed by atoms with E-state index in [1.807, 2.05) is 43.7 Å². The summed E-state index contributed by atoms with van der Waals surface area (Å²) in [5.74, 6) is -0.116. The molecule has 1 atom stereocenters. The Balaban J connectivity index is 1.88. The molecule has 5 nitrogen and oxygen atoms in total. The van der Waals surface area contributed by atoms with Gasteiger partial charge in [-0.25, -0.2) is 4.98 Å². The van der Waals surface area contributed by atoms with Gasteiger partial charge in [0, 0.05) is 25.5 Å². The fraction of sp³-hybridized carbons (Fsp3) is 0.412. The van der Waals surface area contributed by atoms with Crippen molar-refractivity contribution in [2.45, 2.75) is 39.9 Å². The SMILES string of the molecule is CC(C)(C)[C@H](N)C(=O)NCc1ccc(Cn2ccnc2)cc1. The normalized spacial score (nSPS) is 12.9. The monoisotopic (exact) mass is 300 g/mol. The Labute approximate surface area is 131 Å². The highest BCUT2D eigenvalue weighted by molar-refractivity contribution is 5.82. The highest BCUT2D eigenvalue weighted by Crippen LogP contribution is 2.17. The van der Waals surface area contributed by atoms with Crippen LogP contribution in [0.4, 0.5) is 0 Å². The molecule has 1 amide bonds. The van der Waals surface area contributed by atoms with E-state index in [0.717, 1.165) is 12.1 Å². The van der Waals surface area contributed by atoms with Crippen molar-refractivity contribution in [3.63, 3.8) is 0 Å². The molecule has 2 aromatic rings. The number of hydrogen-bond donors (Lipinski definition) is 2. The molecule has 0 radical (unpaired) electrons. The fourth-order valence-corrected chi connectivity index (χ4v) is 2.05. The van der Waals surface area contributed by atoms with E-state index in [1.165, 1.54) is 5.56 Å². The molecule has 1 heterocycles. The molecule has 3 N–H and O–H groups in total. The van der Waals surface area contributed by atoms with Gasteiger partial charge in [-0.3, -0.25) is 4.79 Å². The van der Waals surface area contributed by atoms with Gasteiger partial charge in [-0.2, -0.15) is 0 Å². The number of imidazole rings is 1. The van der Waals surface area contributed by atoms with Crippen molar-refractivity contribution < 1.29 is 4.79 Å². The first-order valence-corrected chi connectivity index (χ1v) is 7.43. The number of carbonyl (C=O) groups is 1. The molecule has 0 bridgehead atoms. The molecule has 0 aliphatic carbocycles. The first-order chi connectivity index (χ1) is 10.4. The van der Waals surface area contributed by atoms with Gasteiger partial charge >= 0.3 is 0 Å². The van der Waals surface area contributed by atoms with E-state index in [1.54, 1.807) is 12.5 Å². The van der Waals surface area contributed by atoms with Gasteiger partial charge in [0.1, 0.15) is 0 Å². The molecule has 5 heteroatoms. The van der Waals surface area contributed by atoms with Crippen LogP contribution < -0.4 is 11.1 Å². The molecule has 22 heavy (non-hydrogen) atoms. The lowest BCUT2D eigenvalue weighted by Gasteiger charge is -2.25. The lowest BCUT2D eigenvalue weighted by Crippen LogP contribution is -2.48. The summed E-state index contributed by atoms with van der Waals surface area (Å²) >= 11 is 0. The number of amides is 1. The van der Waals surface area contributed by atoms with E-state index >= 15 is 0 Å². The predicted molar refractivity (Wildman–Crippen MR) is 87.0 cm³/mol. The van der Waals surface area contributed by atoms with Crippen molar-refractivity contribution in [2.75, 3.05) is 0 Å². The molecular formula is C17H24N4O. The van der Waals surface area contributed by atoms with Gasteiger partial charge in [0.2, 0.25) is 5.91 Å². The van der Waals surface area contributed by atoms with Crippen LogP contribution in [-0.2, 0) is 17.9 Å². The van der Waals surface area contributed by atoms with Crippen molar-refractivity contribution in [3.8, 4) is 0 Å². The summed E-state index contributed by atoms with van der Waals surface area (Å²) in [5, 5.41) is 2.89. The van der Waals surface area contributed by atoms with Crippen LogP contribution in [0.15, 0.2) is 43.0 Å². The Kier molecular flexibility index (Phi) is 4.98. The zero-order chi connectivity index (χ0) is 16.2. The summed E-state index contributed by atoms with van der Waals surface area (Å²) in [6, 6.07) is 7.66. The van der Waals surface area contributed by atoms with Gasteiger partial charge in [0.05, 0.1) is 12.4 Å². The minimum Gasteiger partial charge on any atom is -0.351 e. The number of carbonyl (C=O) groups excluding carboxylic acids is 1. The van der Waals surface area contributed by atoms with Gasteiger partial charge < -0.3 is 15.6 Å². The number of benzene rings is 1. The molecular weight excluding hydrogens is 276 g/mol. The van der Waals surface area contributed by atoms with Crippen LogP contribution in [0.5, 0.6) is 0 Å².